The molecule has 3 aromatic carbocycles. The van der Waals surface area contributed by atoms with Crippen LogP contribution in [0.2, 0.25) is 0 Å². The molecule has 8 heteroatoms. The lowest BCUT2D eigenvalue weighted by Gasteiger charge is -2.36. The molecule has 188 valence electrons. The highest BCUT2D eigenvalue weighted by molar-refractivity contribution is 6.04. The molecular formula is C29H28N4O4. The van der Waals surface area contributed by atoms with Crippen LogP contribution in [0.5, 0.6) is 11.5 Å². The molecule has 0 bridgehead atoms. The number of nitrogens with one attached hydrogen (secondary N) is 1. The van der Waals surface area contributed by atoms with Crippen LogP contribution in [-0.2, 0) is 0 Å². The number of anilines is 2. The van der Waals surface area contributed by atoms with E-state index in [0.717, 1.165) is 22.3 Å². The van der Waals surface area contributed by atoms with Gasteiger partial charge in [0, 0.05) is 54.6 Å². The van der Waals surface area contributed by atoms with Gasteiger partial charge < -0.3 is 24.6 Å². The van der Waals surface area contributed by atoms with E-state index in [2.05, 4.69) is 15.2 Å². The Labute approximate surface area is 215 Å². The number of carbonyl (C=O) groups is 2. The van der Waals surface area contributed by atoms with Gasteiger partial charge in [0.25, 0.3) is 11.8 Å². The normalized spacial score (nSPS) is 13.4. The van der Waals surface area contributed by atoms with Gasteiger partial charge in [-0.1, -0.05) is 12.1 Å². The van der Waals surface area contributed by atoms with Gasteiger partial charge in [-0.3, -0.25) is 9.59 Å². The predicted molar refractivity (Wildman–Crippen MR) is 144 cm³/mol. The Morgan fingerprint density at radius 3 is 2.22 bits per heavy atom. The summed E-state index contributed by atoms with van der Waals surface area (Å²) in [5.74, 6) is 1.07. The molecule has 0 radical (unpaired) electrons. The highest BCUT2D eigenvalue weighted by atomic mass is 16.5. The number of pyridine rings is 1. The second-order valence-electron chi connectivity index (χ2n) is 8.74. The Hall–Kier alpha value is -4.59. The maximum atomic E-state index is 13.2. The lowest BCUT2D eigenvalue weighted by Crippen LogP contribution is -2.49. The number of benzene rings is 3. The van der Waals surface area contributed by atoms with Crippen LogP contribution in [0, 0.1) is 0 Å². The van der Waals surface area contributed by atoms with Crippen LogP contribution >= 0.6 is 0 Å². The van der Waals surface area contributed by atoms with E-state index in [4.69, 9.17) is 9.47 Å². The van der Waals surface area contributed by atoms with Crippen molar-refractivity contribution >= 4 is 34.1 Å². The summed E-state index contributed by atoms with van der Waals surface area (Å²) in [6, 6.07) is 24.1. The fourth-order valence-electron chi connectivity index (χ4n) is 4.45. The molecule has 1 fully saturated rings. The fraction of sp³-hybridized carbons (Fsp3) is 0.207. The molecule has 1 aromatic heterocycles. The Balaban J connectivity index is 1.20. The average Bonchev–Trinajstić information content (AvgIpc) is 2.96. The third-order valence-electron chi connectivity index (χ3n) is 6.53. The van der Waals surface area contributed by atoms with Gasteiger partial charge in [-0.25, -0.2) is 4.98 Å². The number of fused-ring (bicyclic) bond motifs is 1. The van der Waals surface area contributed by atoms with Gasteiger partial charge in [-0.2, -0.15) is 0 Å². The molecule has 1 aliphatic heterocycles. The van der Waals surface area contributed by atoms with E-state index in [1.54, 1.807) is 44.6 Å². The van der Waals surface area contributed by atoms with Crippen molar-refractivity contribution in [3.63, 3.8) is 0 Å². The molecule has 0 aliphatic carbocycles. The number of para-hydroxylation sites is 1. The number of aromatic nitrogens is 1. The molecule has 2 amide bonds. The van der Waals surface area contributed by atoms with Gasteiger partial charge >= 0.3 is 0 Å². The van der Waals surface area contributed by atoms with Crippen molar-refractivity contribution in [2.45, 2.75) is 0 Å². The highest BCUT2D eigenvalue weighted by Crippen LogP contribution is 2.26. The Bertz CT molecular complexity index is 1410. The zero-order valence-electron chi connectivity index (χ0n) is 20.8. The summed E-state index contributed by atoms with van der Waals surface area (Å²) in [4.78, 5) is 34.3. The maximum Gasteiger partial charge on any atom is 0.272 e. The Kier molecular flexibility index (Phi) is 6.89. The second kappa shape index (κ2) is 10.6. The van der Waals surface area contributed by atoms with E-state index in [0.29, 0.717) is 48.9 Å². The third-order valence-corrected chi connectivity index (χ3v) is 6.53. The summed E-state index contributed by atoms with van der Waals surface area (Å²) in [6.45, 7) is 2.58. The predicted octanol–water partition coefficient (Wildman–Crippen LogP) is 4.47. The minimum Gasteiger partial charge on any atom is -0.497 e. The fourth-order valence-corrected chi connectivity index (χ4v) is 4.45. The summed E-state index contributed by atoms with van der Waals surface area (Å²) in [7, 11) is 3.19. The molecule has 8 nitrogen and oxygen atoms in total. The van der Waals surface area contributed by atoms with Crippen LogP contribution < -0.4 is 19.7 Å². The van der Waals surface area contributed by atoms with E-state index in [1.165, 1.54) is 0 Å². The van der Waals surface area contributed by atoms with Crippen molar-refractivity contribution in [3.8, 4) is 11.5 Å². The van der Waals surface area contributed by atoms with E-state index in [9.17, 15) is 9.59 Å². The van der Waals surface area contributed by atoms with Crippen LogP contribution in [0.15, 0.2) is 78.9 Å². The summed E-state index contributed by atoms with van der Waals surface area (Å²) >= 11 is 0. The lowest BCUT2D eigenvalue weighted by molar-refractivity contribution is 0.0740. The molecule has 5 rings (SSSR count). The zero-order valence-corrected chi connectivity index (χ0v) is 20.8. The first-order valence-corrected chi connectivity index (χ1v) is 12.1. The highest BCUT2D eigenvalue weighted by Gasteiger charge is 2.24. The molecule has 0 spiro atoms. The maximum absolute atomic E-state index is 13.2. The molecule has 0 atom stereocenters. The smallest absolute Gasteiger partial charge is 0.272 e. The summed E-state index contributed by atoms with van der Waals surface area (Å²) in [5.41, 5.74) is 3.45. The molecule has 1 saturated heterocycles. The molecular weight excluding hydrogens is 468 g/mol. The largest absolute Gasteiger partial charge is 0.497 e. The van der Waals surface area contributed by atoms with Crippen LogP contribution in [0.25, 0.3) is 10.9 Å². The molecule has 37 heavy (non-hydrogen) atoms. The second-order valence-corrected chi connectivity index (χ2v) is 8.74. The van der Waals surface area contributed by atoms with Crippen LogP contribution in [0.4, 0.5) is 11.4 Å². The summed E-state index contributed by atoms with van der Waals surface area (Å²) in [6.07, 6.45) is 0. The standard InChI is InChI=1S/C29H28N4O4/c1-36-23-13-7-20(8-14-23)28(34)30-21-9-11-22(12-10-21)32-15-17-33(18-16-32)29(35)26-19-27(37-2)24-5-3-4-6-25(24)31-26/h3-14,19H,15-18H2,1-2H3,(H,30,34). The number of amides is 2. The van der Waals surface area contributed by atoms with Gasteiger partial charge in [-0.05, 0) is 60.7 Å². The van der Waals surface area contributed by atoms with Crippen LogP contribution in [-0.4, -0.2) is 62.1 Å². The van der Waals surface area contributed by atoms with Crippen LogP contribution in [0.3, 0.4) is 0 Å². The average molecular weight is 497 g/mol. The molecule has 0 saturated carbocycles. The van der Waals surface area contributed by atoms with Gasteiger partial charge in [0.1, 0.15) is 17.2 Å². The molecule has 1 N–H and O–H groups in total. The lowest BCUT2D eigenvalue weighted by atomic mass is 10.1. The number of hydrogen-bond donors (Lipinski definition) is 1. The van der Waals surface area contributed by atoms with E-state index in [-0.39, 0.29) is 11.8 Å². The monoisotopic (exact) mass is 496 g/mol. The van der Waals surface area contributed by atoms with Crippen molar-refractivity contribution in [2.24, 2.45) is 0 Å². The van der Waals surface area contributed by atoms with Crippen molar-refractivity contribution in [1.29, 1.82) is 0 Å². The zero-order chi connectivity index (χ0) is 25.8. The third kappa shape index (κ3) is 5.18. The molecule has 1 aliphatic rings. The van der Waals surface area contributed by atoms with Gasteiger partial charge in [-0.15, -0.1) is 0 Å². The first kappa shape index (κ1) is 24.1. The quantitative estimate of drug-likeness (QED) is 0.424. The van der Waals surface area contributed by atoms with Crippen molar-refractivity contribution in [2.75, 3.05) is 50.6 Å². The molecule has 0 unspecified atom stereocenters. The number of carbonyl (C=O) groups excluding carboxylic acids is 2. The number of nitrogens with zero attached hydrogens (tertiary/aromatic N) is 3. The number of hydrogen-bond acceptors (Lipinski definition) is 6. The minimum atomic E-state index is -0.179. The van der Waals surface area contributed by atoms with E-state index in [1.807, 2.05) is 53.4 Å². The van der Waals surface area contributed by atoms with Crippen molar-refractivity contribution < 1.29 is 19.1 Å². The van der Waals surface area contributed by atoms with Crippen molar-refractivity contribution in [3.05, 3.63) is 90.1 Å². The Morgan fingerprint density at radius 1 is 0.838 bits per heavy atom. The van der Waals surface area contributed by atoms with Gasteiger partial charge in [0.15, 0.2) is 0 Å². The first-order valence-electron chi connectivity index (χ1n) is 12.1. The van der Waals surface area contributed by atoms with Crippen LogP contribution in [0.1, 0.15) is 20.8 Å². The van der Waals surface area contributed by atoms with E-state index < -0.39 is 0 Å². The number of piperazine rings is 1. The van der Waals surface area contributed by atoms with E-state index >= 15 is 0 Å². The summed E-state index contributed by atoms with van der Waals surface area (Å²) in [5, 5.41) is 3.80. The Morgan fingerprint density at radius 2 is 1.54 bits per heavy atom. The SMILES string of the molecule is COc1ccc(C(=O)Nc2ccc(N3CCN(C(=O)c4cc(OC)c5ccccc5n4)CC3)cc2)cc1. The number of ether oxygens (including phenoxy) is 2. The topological polar surface area (TPSA) is 84.0 Å². The summed E-state index contributed by atoms with van der Waals surface area (Å²) < 4.78 is 10.6. The molecule has 4 aromatic rings. The first-order chi connectivity index (χ1) is 18.1. The minimum absolute atomic E-state index is 0.0969. The number of rotatable bonds is 6. The number of methoxy groups -OCH3 is 2. The van der Waals surface area contributed by atoms with Gasteiger partial charge in [0.05, 0.1) is 19.7 Å². The van der Waals surface area contributed by atoms with Gasteiger partial charge in [0.2, 0.25) is 0 Å². The van der Waals surface area contributed by atoms with Crippen molar-refractivity contribution in [1.82, 2.24) is 9.88 Å². The molecule has 2 heterocycles.